The molecule has 0 aromatic heterocycles. The molecule has 5 N–H and O–H groups in total. The van der Waals surface area contributed by atoms with Crippen molar-refractivity contribution >= 4 is 76.4 Å². The van der Waals surface area contributed by atoms with E-state index in [0.29, 0.717) is 6.07 Å². The summed E-state index contributed by atoms with van der Waals surface area (Å²) < 4.78 is 94.8. The molecule has 10 nitrogen and oxygen atoms in total. The average Bonchev–Trinajstić information content (AvgIpc) is 2.33. The van der Waals surface area contributed by atoms with E-state index in [2.05, 4.69) is 0 Å². The predicted octanol–water partition coefficient (Wildman–Crippen LogP) is -0.219. The fourth-order valence-corrected chi connectivity index (χ4v) is 3.89. The Morgan fingerprint density at radius 1 is 0.708 bits per heavy atom. The summed E-state index contributed by atoms with van der Waals surface area (Å²) in [6.45, 7) is 0. The second-order valence-electron chi connectivity index (χ2n) is 4.46. The number of hydrogen-bond acceptors (Lipinski definition) is 7. The Hall–Kier alpha value is -0.770. The van der Waals surface area contributed by atoms with E-state index >= 15 is 0 Å². The van der Waals surface area contributed by atoms with Crippen LogP contribution in [0.15, 0.2) is 39.0 Å². The van der Waals surface area contributed by atoms with Crippen molar-refractivity contribution in [1.82, 2.24) is 0 Å². The molecule has 2 rings (SSSR count). The van der Waals surface area contributed by atoms with Crippen LogP contribution in [0.1, 0.15) is 0 Å². The minimum Gasteiger partial charge on any atom is -0.398 e. The predicted molar refractivity (Wildman–Crippen MR) is 83.6 cm³/mol. The van der Waals surface area contributed by atoms with Gasteiger partial charge in [-0.2, -0.15) is 25.3 Å². The monoisotopic (exact) mass is 406 g/mol. The third-order valence-electron chi connectivity index (χ3n) is 2.86. The summed E-state index contributed by atoms with van der Waals surface area (Å²) in [7, 11) is -14.5. The molecule has 127 valence electrons. The maximum atomic E-state index is 11.4. The first-order valence-corrected chi connectivity index (χ1v) is 9.83. The van der Waals surface area contributed by atoms with Crippen molar-refractivity contribution in [2.45, 2.75) is 14.7 Å². The van der Waals surface area contributed by atoms with E-state index < -0.39 is 50.7 Å². The van der Waals surface area contributed by atoms with Crippen molar-refractivity contribution < 1.29 is 38.9 Å². The van der Waals surface area contributed by atoms with Gasteiger partial charge in [0.1, 0.15) is 4.90 Å². The van der Waals surface area contributed by atoms with Gasteiger partial charge >= 0.3 is 0 Å². The van der Waals surface area contributed by atoms with E-state index in [0.717, 1.165) is 18.2 Å². The molecule has 1 radical (unpaired) electrons. The van der Waals surface area contributed by atoms with Crippen LogP contribution in [0, 0.1) is 0 Å². The zero-order valence-corrected chi connectivity index (χ0v) is 16.4. The largest absolute Gasteiger partial charge is 0.398 e. The van der Waals surface area contributed by atoms with E-state index in [1.54, 1.807) is 0 Å². The molecule has 0 unspecified atom stereocenters. The van der Waals surface area contributed by atoms with Gasteiger partial charge in [-0.15, -0.1) is 0 Å². The summed E-state index contributed by atoms with van der Waals surface area (Å²) in [5, 5.41) is -0.715. The van der Waals surface area contributed by atoms with Crippen LogP contribution in [0.4, 0.5) is 5.69 Å². The van der Waals surface area contributed by atoms with Gasteiger partial charge in [0.05, 0.1) is 9.79 Å². The Morgan fingerprint density at radius 3 is 1.50 bits per heavy atom. The van der Waals surface area contributed by atoms with Gasteiger partial charge in [-0.25, -0.2) is 0 Å². The molecule has 2 aromatic carbocycles. The molecule has 0 aliphatic carbocycles. The standard InChI is InChI=1S/C10H9NO9S3.Na/c11-8-3-6(21(12,13)14)1-5-2-7(22(15,16)17)4-9(10(5)8)23(18,19)20;/h1-4H,11H2,(H,12,13,14)(H,15,16,17)(H,18,19,20);. The van der Waals surface area contributed by atoms with Crippen molar-refractivity contribution in [3.8, 4) is 0 Å². The molecular formula is C10H9NNaO9S3. The van der Waals surface area contributed by atoms with E-state index in [9.17, 15) is 29.8 Å². The van der Waals surface area contributed by atoms with E-state index in [-0.39, 0.29) is 40.3 Å². The summed E-state index contributed by atoms with van der Waals surface area (Å²) in [4.78, 5) is -2.58. The van der Waals surface area contributed by atoms with E-state index in [4.69, 9.17) is 14.8 Å². The van der Waals surface area contributed by atoms with Crippen LogP contribution in [0.5, 0.6) is 0 Å². The topological polar surface area (TPSA) is 189 Å². The van der Waals surface area contributed by atoms with E-state index in [1.807, 2.05) is 0 Å². The smallest absolute Gasteiger partial charge is 0.295 e. The number of hydrogen-bond donors (Lipinski definition) is 4. The van der Waals surface area contributed by atoms with E-state index in [1.165, 1.54) is 0 Å². The van der Waals surface area contributed by atoms with Crippen LogP contribution in [-0.4, -0.2) is 68.5 Å². The fourth-order valence-electron chi connectivity index (χ4n) is 1.96. The van der Waals surface area contributed by atoms with Gasteiger partial charge in [-0.3, -0.25) is 13.7 Å². The van der Waals surface area contributed by atoms with Gasteiger partial charge < -0.3 is 5.73 Å². The molecule has 2 aromatic rings. The molecule has 24 heavy (non-hydrogen) atoms. The number of nitrogens with two attached hydrogens (primary N) is 1. The number of anilines is 1. The first-order chi connectivity index (χ1) is 10.2. The second kappa shape index (κ2) is 6.51. The van der Waals surface area contributed by atoms with Gasteiger partial charge in [-0.05, 0) is 29.7 Å². The SMILES string of the molecule is Nc1cc(S(=O)(=O)O)cc2cc(S(=O)(=O)O)cc(S(=O)(=O)O)c12.[Na]. The zero-order valence-electron chi connectivity index (χ0n) is 11.9. The van der Waals surface area contributed by atoms with Crippen LogP contribution in [0.3, 0.4) is 0 Å². The van der Waals surface area contributed by atoms with Gasteiger partial charge in [0, 0.05) is 40.6 Å². The van der Waals surface area contributed by atoms with Crippen molar-refractivity contribution in [2.24, 2.45) is 0 Å². The molecule has 0 heterocycles. The quantitative estimate of drug-likeness (QED) is 0.301. The van der Waals surface area contributed by atoms with Gasteiger partial charge in [0.2, 0.25) is 0 Å². The Kier molecular flexibility index (Phi) is 5.77. The normalized spacial score (nSPS) is 12.8. The number of nitrogen functional groups attached to an aromatic ring is 1. The van der Waals surface area contributed by atoms with Gasteiger partial charge in [0.25, 0.3) is 30.4 Å². The van der Waals surface area contributed by atoms with Gasteiger partial charge in [0.15, 0.2) is 0 Å². The molecule has 0 spiro atoms. The molecule has 0 saturated carbocycles. The van der Waals surface area contributed by atoms with Crippen LogP contribution in [-0.2, 0) is 30.4 Å². The first kappa shape index (κ1) is 21.3. The van der Waals surface area contributed by atoms with Gasteiger partial charge in [-0.1, -0.05) is 0 Å². The maximum Gasteiger partial charge on any atom is 0.295 e. The summed E-state index contributed by atoms with van der Waals surface area (Å²) in [6, 6.07) is 2.69. The minimum absolute atomic E-state index is 0. The zero-order chi connectivity index (χ0) is 17.8. The average molecular weight is 406 g/mol. The van der Waals surface area contributed by atoms with Crippen molar-refractivity contribution in [1.29, 1.82) is 0 Å². The number of rotatable bonds is 3. The molecule has 0 fully saturated rings. The minimum atomic E-state index is -4.95. The molecule has 0 atom stereocenters. The summed E-state index contributed by atoms with van der Waals surface area (Å²) in [5.74, 6) is 0. The van der Waals surface area contributed by atoms with Crippen LogP contribution >= 0.6 is 0 Å². The molecule has 0 bridgehead atoms. The number of benzene rings is 2. The molecule has 0 aliphatic heterocycles. The molecule has 14 heteroatoms. The van der Waals surface area contributed by atoms with Crippen molar-refractivity contribution in [3.63, 3.8) is 0 Å². The third kappa shape index (κ3) is 4.25. The molecule has 0 saturated heterocycles. The summed E-state index contributed by atoms with van der Waals surface area (Å²) in [6.07, 6.45) is 0. The second-order valence-corrected chi connectivity index (χ2v) is 8.69. The van der Waals surface area contributed by atoms with Crippen molar-refractivity contribution in [2.75, 3.05) is 5.73 Å². The molecular weight excluding hydrogens is 397 g/mol. The Balaban J connectivity index is 0.00000288. The Labute approximate surface area is 159 Å². The van der Waals surface area contributed by atoms with Crippen molar-refractivity contribution in [3.05, 3.63) is 24.3 Å². The molecule has 0 aliphatic rings. The molecule has 0 amide bonds. The third-order valence-corrected chi connectivity index (χ3v) is 5.40. The first-order valence-electron chi connectivity index (χ1n) is 5.51. The maximum absolute atomic E-state index is 11.4. The summed E-state index contributed by atoms with van der Waals surface area (Å²) in [5.41, 5.74) is 5.09. The Morgan fingerprint density at radius 2 is 1.12 bits per heavy atom. The van der Waals surface area contributed by atoms with Crippen LogP contribution < -0.4 is 5.73 Å². The Bertz CT molecular complexity index is 1130. The van der Waals surface area contributed by atoms with Crippen LogP contribution in [0.2, 0.25) is 0 Å². The van der Waals surface area contributed by atoms with Crippen LogP contribution in [0.25, 0.3) is 10.8 Å². The summed E-state index contributed by atoms with van der Waals surface area (Å²) >= 11 is 0. The number of fused-ring (bicyclic) bond motifs is 1. The fraction of sp³-hybridized carbons (Fsp3) is 0.